The molecule has 2 aromatic carbocycles. The third kappa shape index (κ3) is 5.01. The Bertz CT molecular complexity index is 1270. The first-order valence-electron chi connectivity index (χ1n) is 12.7. The van der Waals surface area contributed by atoms with Gasteiger partial charge in [-0.3, -0.25) is 9.48 Å². The number of nitrogens with zero attached hydrogens (tertiary/aromatic N) is 3. The molecule has 188 valence electrons. The van der Waals surface area contributed by atoms with Crippen LogP contribution in [0.1, 0.15) is 55.4 Å². The molecule has 1 aliphatic heterocycles. The number of aromatic nitrogens is 2. The van der Waals surface area contributed by atoms with Crippen molar-refractivity contribution >= 4 is 11.9 Å². The van der Waals surface area contributed by atoms with Gasteiger partial charge >= 0.3 is 6.03 Å². The third-order valence-electron chi connectivity index (χ3n) is 7.18. The molecule has 2 atom stereocenters. The number of carbonyl (C=O) groups is 2. The summed E-state index contributed by atoms with van der Waals surface area (Å²) >= 11 is 0. The minimum Gasteiger partial charge on any atom is -0.352 e. The maximum Gasteiger partial charge on any atom is 0.318 e. The van der Waals surface area contributed by atoms with Gasteiger partial charge in [0.1, 0.15) is 0 Å². The molecule has 5 rings (SSSR count). The summed E-state index contributed by atoms with van der Waals surface area (Å²) in [4.78, 5) is 27.8. The number of hydrogen-bond acceptors (Lipinski definition) is 3. The Morgan fingerprint density at radius 3 is 2.53 bits per heavy atom. The fraction of sp³-hybridized carbons (Fsp3) is 0.414. The summed E-state index contributed by atoms with van der Waals surface area (Å²) < 4.78 is 1.88. The molecule has 3 aromatic rings. The number of carbonyl (C=O) groups excluding carboxylic acids is 2. The number of aryl methyl sites for hydroxylation is 1. The van der Waals surface area contributed by atoms with E-state index < -0.39 is 0 Å². The van der Waals surface area contributed by atoms with Gasteiger partial charge in [0.05, 0.1) is 5.69 Å². The van der Waals surface area contributed by atoms with Crippen LogP contribution in [0.2, 0.25) is 0 Å². The maximum absolute atomic E-state index is 13.0. The van der Waals surface area contributed by atoms with Crippen LogP contribution in [-0.4, -0.2) is 38.7 Å². The quantitative estimate of drug-likeness (QED) is 0.563. The van der Waals surface area contributed by atoms with Crippen molar-refractivity contribution in [3.63, 3.8) is 0 Å². The number of benzene rings is 2. The predicted molar refractivity (Wildman–Crippen MR) is 140 cm³/mol. The van der Waals surface area contributed by atoms with E-state index in [0.717, 1.165) is 35.2 Å². The van der Waals surface area contributed by atoms with E-state index in [0.29, 0.717) is 25.6 Å². The normalized spacial score (nSPS) is 18.9. The standard InChI is InChI=1S/C29H35N5O2/c1-29(2,3)32-28(36)34-15-13-21-22(26-12-14-31-33(26)4)11-10-20(25(21)18-34)17-30-27(35)24-16-23(24)19-8-6-5-7-9-19/h5-12,14,23-24H,13,15-18H2,1-4H3,(H,30,35)(H,32,36). The Morgan fingerprint density at radius 1 is 1.06 bits per heavy atom. The van der Waals surface area contributed by atoms with E-state index in [1.165, 1.54) is 11.1 Å². The summed E-state index contributed by atoms with van der Waals surface area (Å²) in [5.41, 5.74) is 6.55. The zero-order valence-corrected chi connectivity index (χ0v) is 21.5. The zero-order valence-electron chi connectivity index (χ0n) is 21.5. The second-order valence-electron chi connectivity index (χ2n) is 11.0. The Morgan fingerprint density at radius 2 is 1.83 bits per heavy atom. The second-order valence-corrected chi connectivity index (χ2v) is 11.0. The van der Waals surface area contributed by atoms with Crippen LogP contribution in [0.3, 0.4) is 0 Å². The maximum atomic E-state index is 13.0. The van der Waals surface area contributed by atoms with Gasteiger partial charge < -0.3 is 15.5 Å². The van der Waals surface area contributed by atoms with Crippen molar-refractivity contribution in [3.05, 3.63) is 77.0 Å². The van der Waals surface area contributed by atoms with E-state index in [2.05, 4.69) is 40.0 Å². The van der Waals surface area contributed by atoms with Crippen molar-refractivity contribution in [3.8, 4) is 11.3 Å². The summed E-state index contributed by atoms with van der Waals surface area (Å²) in [5.74, 6) is 0.446. The van der Waals surface area contributed by atoms with Crippen LogP contribution in [-0.2, 0) is 31.4 Å². The highest BCUT2D eigenvalue weighted by Gasteiger charge is 2.43. The van der Waals surface area contributed by atoms with Gasteiger partial charge in [-0.1, -0.05) is 42.5 Å². The lowest BCUT2D eigenvalue weighted by Crippen LogP contribution is -2.50. The van der Waals surface area contributed by atoms with E-state index in [-0.39, 0.29) is 23.4 Å². The predicted octanol–water partition coefficient (Wildman–Crippen LogP) is 4.37. The number of nitrogens with one attached hydrogen (secondary N) is 2. The smallest absolute Gasteiger partial charge is 0.318 e. The largest absolute Gasteiger partial charge is 0.352 e. The lowest BCUT2D eigenvalue weighted by Gasteiger charge is -2.34. The molecule has 1 fully saturated rings. The minimum absolute atomic E-state index is 0.0333. The summed E-state index contributed by atoms with van der Waals surface area (Å²) in [6.07, 6.45) is 3.46. The molecule has 1 aliphatic carbocycles. The van der Waals surface area contributed by atoms with Crippen molar-refractivity contribution in [1.29, 1.82) is 0 Å². The van der Waals surface area contributed by atoms with E-state index in [9.17, 15) is 9.59 Å². The van der Waals surface area contributed by atoms with Gasteiger partial charge in [0, 0.05) is 49.9 Å². The van der Waals surface area contributed by atoms with Gasteiger partial charge in [0.15, 0.2) is 0 Å². The SMILES string of the molecule is Cn1nccc1-c1ccc(CNC(=O)C2CC2c2ccccc2)c2c1CCN(C(=O)NC(C)(C)C)C2. The lowest BCUT2D eigenvalue weighted by atomic mass is 9.89. The third-order valence-corrected chi connectivity index (χ3v) is 7.18. The van der Waals surface area contributed by atoms with Crippen molar-refractivity contribution in [1.82, 2.24) is 25.3 Å². The Balaban J connectivity index is 1.36. The van der Waals surface area contributed by atoms with Crippen LogP contribution >= 0.6 is 0 Å². The van der Waals surface area contributed by atoms with Gasteiger partial charge in [-0.15, -0.1) is 0 Å². The Kier molecular flexibility index (Phi) is 6.33. The van der Waals surface area contributed by atoms with E-state index in [1.54, 1.807) is 6.20 Å². The monoisotopic (exact) mass is 485 g/mol. The lowest BCUT2D eigenvalue weighted by molar-refractivity contribution is -0.122. The molecular weight excluding hydrogens is 450 g/mol. The molecule has 1 aromatic heterocycles. The number of urea groups is 1. The molecular formula is C29H35N5O2. The van der Waals surface area contributed by atoms with Gasteiger partial charge in [0.2, 0.25) is 5.91 Å². The Labute approximate surface area is 212 Å². The molecule has 1 saturated carbocycles. The average Bonchev–Trinajstić information content (AvgIpc) is 3.55. The molecule has 7 nitrogen and oxygen atoms in total. The molecule has 2 aliphatic rings. The number of fused-ring (bicyclic) bond motifs is 1. The van der Waals surface area contributed by atoms with Gasteiger partial charge in [0.25, 0.3) is 0 Å². The van der Waals surface area contributed by atoms with Crippen LogP contribution in [0.15, 0.2) is 54.7 Å². The highest BCUT2D eigenvalue weighted by molar-refractivity contribution is 5.83. The van der Waals surface area contributed by atoms with E-state index in [1.807, 2.05) is 61.7 Å². The first kappa shape index (κ1) is 24.1. The van der Waals surface area contributed by atoms with Crippen molar-refractivity contribution < 1.29 is 9.59 Å². The van der Waals surface area contributed by atoms with Crippen molar-refractivity contribution in [2.75, 3.05) is 6.54 Å². The first-order valence-corrected chi connectivity index (χ1v) is 12.7. The molecule has 0 spiro atoms. The van der Waals surface area contributed by atoms with Gasteiger partial charge in [-0.05, 0) is 67.9 Å². The van der Waals surface area contributed by atoms with Gasteiger partial charge in [-0.25, -0.2) is 4.79 Å². The fourth-order valence-corrected chi connectivity index (χ4v) is 5.22. The summed E-state index contributed by atoms with van der Waals surface area (Å²) in [5, 5.41) is 10.6. The number of amides is 3. The zero-order chi connectivity index (χ0) is 25.4. The van der Waals surface area contributed by atoms with Crippen molar-refractivity contribution in [2.45, 2.75) is 58.2 Å². The topological polar surface area (TPSA) is 79.3 Å². The summed E-state index contributed by atoms with van der Waals surface area (Å²) in [6, 6.07) is 16.4. The van der Waals surface area contributed by atoms with E-state index in [4.69, 9.17) is 0 Å². The van der Waals surface area contributed by atoms with Crippen LogP contribution in [0, 0.1) is 5.92 Å². The molecule has 2 N–H and O–H groups in total. The molecule has 7 heteroatoms. The summed E-state index contributed by atoms with van der Waals surface area (Å²) in [6.45, 7) is 7.60. The van der Waals surface area contributed by atoms with Crippen LogP contribution in [0.4, 0.5) is 4.79 Å². The molecule has 0 saturated heterocycles. The molecule has 2 unspecified atom stereocenters. The van der Waals surface area contributed by atoms with Gasteiger partial charge in [-0.2, -0.15) is 5.10 Å². The second kappa shape index (κ2) is 9.45. The minimum atomic E-state index is -0.301. The van der Waals surface area contributed by atoms with Crippen LogP contribution < -0.4 is 10.6 Å². The summed E-state index contributed by atoms with van der Waals surface area (Å²) in [7, 11) is 1.94. The molecule has 36 heavy (non-hydrogen) atoms. The van der Waals surface area contributed by atoms with Crippen molar-refractivity contribution in [2.24, 2.45) is 13.0 Å². The highest BCUT2D eigenvalue weighted by atomic mass is 16.2. The molecule has 0 bridgehead atoms. The fourth-order valence-electron chi connectivity index (χ4n) is 5.22. The number of rotatable bonds is 5. The average molecular weight is 486 g/mol. The Hall–Kier alpha value is -3.61. The highest BCUT2D eigenvalue weighted by Crippen LogP contribution is 2.47. The number of hydrogen-bond donors (Lipinski definition) is 2. The molecule has 3 amide bonds. The van der Waals surface area contributed by atoms with Crippen LogP contribution in [0.25, 0.3) is 11.3 Å². The first-order chi connectivity index (χ1) is 17.2. The molecule has 0 radical (unpaired) electrons. The molecule has 2 heterocycles. The van der Waals surface area contributed by atoms with E-state index >= 15 is 0 Å². The van der Waals surface area contributed by atoms with Crippen LogP contribution in [0.5, 0.6) is 0 Å².